The molecule has 2 aromatic heterocycles. The van der Waals surface area contributed by atoms with Gasteiger partial charge in [-0.25, -0.2) is 0 Å². The molecule has 1 aliphatic rings. The fourth-order valence-corrected chi connectivity index (χ4v) is 4.43. The van der Waals surface area contributed by atoms with Crippen molar-refractivity contribution in [3.05, 3.63) is 57.7 Å². The summed E-state index contributed by atoms with van der Waals surface area (Å²) in [6.07, 6.45) is -3.79. The summed E-state index contributed by atoms with van der Waals surface area (Å²) >= 11 is 0. The van der Waals surface area contributed by atoms with Gasteiger partial charge in [0, 0.05) is 28.7 Å². The fraction of sp³-hybridized carbons (Fsp3) is 0.630. The predicted molar refractivity (Wildman–Crippen MR) is 131 cm³/mol. The summed E-state index contributed by atoms with van der Waals surface area (Å²) in [6, 6.07) is 2.13. The highest BCUT2D eigenvalue weighted by Crippen LogP contribution is 2.45. The molecule has 2 heterocycles. The first kappa shape index (κ1) is 30.0. The van der Waals surface area contributed by atoms with Gasteiger partial charge in [-0.05, 0) is 48.3 Å². The van der Waals surface area contributed by atoms with E-state index in [1.165, 1.54) is 6.07 Å². The number of pyridine rings is 2. The molecule has 0 saturated heterocycles. The second-order valence-electron chi connectivity index (χ2n) is 9.19. The molecule has 0 amide bonds. The minimum absolute atomic E-state index is 0.0121. The highest BCUT2D eigenvalue weighted by molar-refractivity contribution is 5.48. The van der Waals surface area contributed by atoms with Crippen molar-refractivity contribution in [2.45, 2.75) is 106 Å². The van der Waals surface area contributed by atoms with Gasteiger partial charge in [0.15, 0.2) is 0 Å². The smallest absolute Gasteiger partial charge is 0.388 e. The molecule has 2 aromatic rings. The van der Waals surface area contributed by atoms with Crippen LogP contribution in [0.2, 0.25) is 0 Å². The van der Waals surface area contributed by atoms with E-state index in [1.807, 2.05) is 48.5 Å². The Morgan fingerprint density at radius 2 is 1.71 bits per heavy atom. The summed E-state index contributed by atoms with van der Waals surface area (Å²) in [5.41, 5.74) is 2.85. The number of hydrogen-bond acceptors (Lipinski definition) is 4. The van der Waals surface area contributed by atoms with Crippen molar-refractivity contribution in [1.29, 1.82) is 0 Å². The Hall–Kier alpha value is -1.99. The van der Waals surface area contributed by atoms with Gasteiger partial charge >= 0.3 is 6.18 Å². The first-order valence-electron chi connectivity index (χ1n) is 12.3. The summed E-state index contributed by atoms with van der Waals surface area (Å²) in [5, 5.41) is 22.0. The fourth-order valence-electron chi connectivity index (χ4n) is 4.43. The van der Waals surface area contributed by atoms with E-state index in [4.69, 9.17) is 4.98 Å². The van der Waals surface area contributed by atoms with Crippen molar-refractivity contribution in [3.8, 4) is 0 Å². The SMILES string of the molecule is CC.CC.CCc1c2c(nc(C(C)C)c1[C@@H](O)c1ccc(C(F)(F)F)cn1)CC(C)(C)CC2O. The molecule has 34 heavy (non-hydrogen) atoms. The summed E-state index contributed by atoms with van der Waals surface area (Å²) < 4.78 is 38.7. The van der Waals surface area contributed by atoms with Crippen LogP contribution in [0.1, 0.15) is 126 Å². The molecule has 4 nitrogen and oxygen atoms in total. The van der Waals surface area contributed by atoms with Crippen LogP contribution in [0.15, 0.2) is 18.3 Å². The Morgan fingerprint density at radius 3 is 2.15 bits per heavy atom. The molecule has 1 unspecified atom stereocenters. The lowest BCUT2D eigenvalue weighted by Crippen LogP contribution is -2.29. The lowest BCUT2D eigenvalue weighted by Gasteiger charge is -2.37. The quantitative estimate of drug-likeness (QED) is 0.479. The van der Waals surface area contributed by atoms with Gasteiger partial charge in [0.05, 0.1) is 17.4 Å². The first-order valence-corrected chi connectivity index (χ1v) is 12.3. The highest BCUT2D eigenvalue weighted by atomic mass is 19.4. The van der Waals surface area contributed by atoms with E-state index in [0.29, 0.717) is 24.1 Å². The van der Waals surface area contributed by atoms with Crippen LogP contribution in [0.3, 0.4) is 0 Å². The number of rotatable bonds is 4. The van der Waals surface area contributed by atoms with E-state index in [-0.39, 0.29) is 17.0 Å². The van der Waals surface area contributed by atoms with Crippen molar-refractivity contribution in [1.82, 2.24) is 9.97 Å². The van der Waals surface area contributed by atoms with Crippen LogP contribution in [0, 0.1) is 5.41 Å². The normalized spacial score (nSPS) is 17.7. The number of aliphatic hydroxyl groups excluding tert-OH is 2. The van der Waals surface area contributed by atoms with Gasteiger partial charge in [-0.15, -0.1) is 0 Å². The monoisotopic (exact) mass is 482 g/mol. The van der Waals surface area contributed by atoms with E-state index in [0.717, 1.165) is 35.5 Å². The summed E-state index contributed by atoms with van der Waals surface area (Å²) in [7, 11) is 0. The van der Waals surface area contributed by atoms with E-state index < -0.39 is 23.9 Å². The maximum atomic E-state index is 12.9. The summed E-state index contributed by atoms with van der Waals surface area (Å²) in [4.78, 5) is 8.73. The van der Waals surface area contributed by atoms with Crippen molar-refractivity contribution in [2.24, 2.45) is 5.41 Å². The van der Waals surface area contributed by atoms with Gasteiger partial charge in [0.1, 0.15) is 6.10 Å². The zero-order valence-electron chi connectivity index (χ0n) is 22.0. The molecule has 192 valence electrons. The number of hydrogen-bond donors (Lipinski definition) is 2. The Labute approximate surface area is 202 Å². The average Bonchev–Trinajstić information content (AvgIpc) is 2.78. The summed E-state index contributed by atoms with van der Waals surface area (Å²) in [6.45, 7) is 18.1. The lowest BCUT2D eigenvalue weighted by molar-refractivity contribution is -0.137. The minimum atomic E-state index is -4.49. The molecule has 0 fully saturated rings. The van der Waals surface area contributed by atoms with Crippen LogP contribution >= 0.6 is 0 Å². The van der Waals surface area contributed by atoms with E-state index in [9.17, 15) is 23.4 Å². The third-order valence-electron chi connectivity index (χ3n) is 5.79. The van der Waals surface area contributed by atoms with Crippen LogP contribution in [-0.4, -0.2) is 20.2 Å². The van der Waals surface area contributed by atoms with Crippen LogP contribution < -0.4 is 0 Å². The molecule has 0 spiro atoms. The highest BCUT2D eigenvalue weighted by Gasteiger charge is 2.37. The molecule has 2 atom stereocenters. The van der Waals surface area contributed by atoms with Crippen LogP contribution in [0.5, 0.6) is 0 Å². The number of nitrogens with zero attached hydrogens (tertiary/aromatic N) is 2. The number of aliphatic hydroxyl groups is 2. The second-order valence-corrected chi connectivity index (χ2v) is 9.19. The zero-order valence-corrected chi connectivity index (χ0v) is 22.0. The molecule has 7 heteroatoms. The summed E-state index contributed by atoms with van der Waals surface area (Å²) in [5.74, 6) is -0.0121. The standard InChI is InChI=1S/C23H29F3N2O2.2C2H6/c1-6-14-18-16(9-22(4,5)10-17(18)29)28-20(12(2)3)19(14)21(30)15-8-7-13(11-27-15)23(24,25)26;2*1-2/h7-8,11-12,17,21,29-30H,6,9-10H2,1-5H3;2*1-2H3/t17?,21-;;/m0../s1. The van der Waals surface area contributed by atoms with Crippen molar-refractivity contribution in [3.63, 3.8) is 0 Å². The molecule has 2 N–H and O–H groups in total. The third-order valence-corrected chi connectivity index (χ3v) is 5.79. The third kappa shape index (κ3) is 6.57. The van der Waals surface area contributed by atoms with Crippen molar-refractivity contribution in [2.75, 3.05) is 0 Å². The predicted octanol–water partition coefficient (Wildman–Crippen LogP) is 7.32. The van der Waals surface area contributed by atoms with Gasteiger partial charge in [-0.2, -0.15) is 13.2 Å². The van der Waals surface area contributed by atoms with E-state index in [1.54, 1.807) is 0 Å². The molecule has 3 rings (SSSR count). The number of fused-ring (bicyclic) bond motifs is 1. The minimum Gasteiger partial charge on any atom is -0.388 e. The molecule has 0 aromatic carbocycles. The number of alkyl halides is 3. The number of halogens is 3. The van der Waals surface area contributed by atoms with Gasteiger partial charge in [0.2, 0.25) is 0 Å². The Balaban J connectivity index is 0.00000137. The molecular weight excluding hydrogens is 441 g/mol. The maximum Gasteiger partial charge on any atom is 0.417 e. The molecule has 1 aliphatic carbocycles. The van der Waals surface area contributed by atoms with Gasteiger partial charge < -0.3 is 10.2 Å². The molecule has 0 saturated carbocycles. The molecule has 0 aliphatic heterocycles. The van der Waals surface area contributed by atoms with Gasteiger partial charge in [0.25, 0.3) is 0 Å². The first-order chi connectivity index (χ1) is 15.9. The largest absolute Gasteiger partial charge is 0.417 e. The molecule has 0 bridgehead atoms. The van der Waals surface area contributed by atoms with E-state index >= 15 is 0 Å². The van der Waals surface area contributed by atoms with E-state index in [2.05, 4.69) is 18.8 Å². The zero-order chi connectivity index (χ0) is 26.4. The second kappa shape index (κ2) is 12.1. The molecule has 0 radical (unpaired) electrons. The molecular formula is C27H41F3N2O2. The topological polar surface area (TPSA) is 66.2 Å². The van der Waals surface area contributed by atoms with Crippen molar-refractivity contribution >= 4 is 0 Å². The number of aromatic nitrogens is 2. The van der Waals surface area contributed by atoms with Gasteiger partial charge in [-0.3, -0.25) is 9.97 Å². The lowest BCUT2D eigenvalue weighted by atomic mass is 9.72. The van der Waals surface area contributed by atoms with Crippen LogP contribution in [-0.2, 0) is 19.0 Å². The van der Waals surface area contributed by atoms with Crippen LogP contribution in [0.4, 0.5) is 13.2 Å². The Morgan fingerprint density at radius 1 is 1.12 bits per heavy atom. The average molecular weight is 483 g/mol. The maximum absolute atomic E-state index is 12.9. The Bertz CT molecular complexity index is 923. The van der Waals surface area contributed by atoms with Crippen LogP contribution in [0.25, 0.3) is 0 Å². The van der Waals surface area contributed by atoms with Crippen molar-refractivity contribution < 1.29 is 23.4 Å². The Kier molecular flexibility index (Phi) is 10.7. The van der Waals surface area contributed by atoms with Gasteiger partial charge in [-0.1, -0.05) is 62.3 Å².